The van der Waals surface area contributed by atoms with Gasteiger partial charge in [0.1, 0.15) is 0 Å². The van der Waals surface area contributed by atoms with Gasteiger partial charge in [0, 0.05) is 16.9 Å². The summed E-state index contributed by atoms with van der Waals surface area (Å²) in [6.45, 7) is 1.73. The van der Waals surface area contributed by atoms with Crippen molar-refractivity contribution >= 4 is 21.4 Å². The SMILES string of the molecule is Cc1ccnc(S(=O)(=O)Cc2ccc(Cl)cc2)n1. The van der Waals surface area contributed by atoms with Crippen LogP contribution >= 0.6 is 11.6 Å². The fourth-order valence-corrected chi connectivity index (χ4v) is 2.83. The van der Waals surface area contributed by atoms with Crippen molar-refractivity contribution in [1.82, 2.24) is 9.97 Å². The highest BCUT2D eigenvalue weighted by Crippen LogP contribution is 2.15. The van der Waals surface area contributed by atoms with Gasteiger partial charge in [-0.1, -0.05) is 23.7 Å². The average Bonchev–Trinajstić information content (AvgIpc) is 2.32. The lowest BCUT2D eigenvalue weighted by Gasteiger charge is -2.03. The molecule has 0 amide bonds. The van der Waals surface area contributed by atoms with E-state index in [1.807, 2.05) is 0 Å². The van der Waals surface area contributed by atoms with Crippen molar-refractivity contribution in [1.29, 1.82) is 0 Å². The summed E-state index contributed by atoms with van der Waals surface area (Å²) < 4.78 is 24.2. The molecule has 0 saturated carbocycles. The first-order chi connectivity index (χ1) is 8.47. The molecule has 4 nitrogen and oxygen atoms in total. The summed E-state index contributed by atoms with van der Waals surface area (Å²) >= 11 is 5.75. The Morgan fingerprint density at radius 1 is 1.17 bits per heavy atom. The molecule has 2 rings (SSSR count). The van der Waals surface area contributed by atoms with Crippen LogP contribution in [0, 0.1) is 6.92 Å². The lowest BCUT2D eigenvalue weighted by atomic mass is 10.2. The molecule has 0 radical (unpaired) electrons. The zero-order valence-electron chi connectivity index (χ0n) is 9.67. The van der Waals surface area contributed by atoms with E-state index >= 15 is 0 Å². The van der Waals surface area contributed by atoms with E-state index in [1.54, 1.807) is 37.3 Å². The summed E-state index contributed by atoms with van der Waals surface area (Å²) in [5.74, 6) is -0.131. The third-order valence-corrected chi connectivity index (χ3v) is 4.04. The minimum atomic E-state index is -3.51. The van der Waals surface area contributed by atoms with E-state index in [4.69, 9.17) is 11.6 Å². The zero-order chi connectivity index (χ0) is 13.2. The first-order valence-corrected chi connectivity index (χ1v) is 7.27. The molecule has 0 N–H and O–H groups in total. The van der Waals surface area contributed by atoms with Gasteiger partial charge in [-0.3, -0.25) is 0 Å². The van der Waals surface area contributed by atoms with Gasteiger partial charge < -0.3 is 0 Å². The smallest absolute Gasteiger partial charge is 0.227 e. The second-order valence-electron chi connectivity index (χ2n) is 3.87. The molecule has 0 fully saturated rings. The molecule has 0 atom stereocenters. The van der Waals surface area contributed by atoms with Crippen LogP contribution in [0.5, 0.6) is 0 Å². The van der Waals surface area contributed by atoms with E-state index in [-0.39, 0.29) is 10.9 Å². The molecule has 2 aromatic rings. The maximum Gasteiger partial charge on any atom is 0.247 e. The number of nitrogens with zero attached hydrogens (tertiary/aromatic N) is 2. The molecule has 6 heteroatoms. The molecule has 0 bridgehead atoms. The maximum absolute atomic E-state index is 12.1. The van der Waals surface area contributed by atoms with Gasteiger partial charge in [0.05, 0.1) is 5.75 Å². The summed E-state index contributed by atoms with van der Waals surface area (Å²) in [4.78, 5) is 7.73. The van der Waals surface area contributed by atoms with Gasteiger partial charge in [-0.25, -0.2) is 18.4 Å². The second-order valence-corrected chi connectivity index (χ2v) is 6.19. The van der Waals surface area contributed by atoms with Crippen molar-refractivity contribution in [2.75, 3.05) is 0 Å². The zero-order valence-corrected chi connectivity index (χ0v) is 11.2. The molecule has 1 aromatic carbocycles. The Bertz CT molecular complexity index is 654. The topological polar surface area (TPSA) is 59.9 Å². The fraction of sp³-hybridized carbons (Fsp3) is 0.167. The molecule has 0 saturated heterocycles. The van der Waals surface area contributed by atoms with E-state index < -0.39 is 9.84 Å². The minimum absolute atomic E-state index is 0.131. The van der Waals surface area contributed by atoms with Crippen molar-refractivity contribution in [3.63, 3.8) is 0 Å². The number of halogens is 1. The number of hydrogen-bond acceptors (Lipinski definition) is 4. The number of sulfone groups is 1. The van der Waals surface area contributed by atoms with Crippen LogP contribution < -0.4 is 0 Å². The molecule has 1 aromatic heterocycles. The van der Waals surface area contributed by atoms with Crippen molar-refractivity contribution in [2.45, 2.75) is 17.8 Å². The van der Waals surface area contributed by atoms with Gasteiger partial charge in [0.15, 0.2) is 0 Å². The normalized spacial score (nSPS) is 11.4. The van der Waals surface area contributed by atoms with Gasteiger partial charge >= 0.3 is 0 Å². The number of aryl methyl sites for hydroxylation is 1. The molecule has 0 aliphatic carbocycles. The Morgan fingerprint density at radius 3 is 2.44 bits per heavy atom. The third-order valence-electron chi connectivity index (χ3n) is 2.32. The molecule has 0 spiro atoms. The Labute approximate surface area is 111 Å². The summed E-state index contributed by atoms with van der Waals surface area (Å²) in [6, 6.07) is 8.32. The van der Waals surface area contributed by atoms with Gasteiger partial charge in [-0.05, 0) is 30.7 Å². The second kappa shape index (κ2) is 5.04. The van der Waals surface area contributed by atoms with Gasteiger partial charge in [-0.2, -0.15) is 0 Å². The van der Waals surface area contributed by atoms with Crippen LogP contribution in [0.25, 0.3) is 0 Å². The van der Waals surface area contributed by atoms with Crippen LogP contribution in [0.4, 0.5) is 0 Å². The number of aromatic nitrogens is 2. The monoisotopic (exact) mass is 282 g/mol. The first-order valence-electron chi connectivity index (χ1n) is 5.24. The average molecular weight is 283 g/mol. The van der Waals surface area contributed by atoms with E-state index in [2.05, 4.69) is 9.97 Å². The maximum atomic E-state index is 12.1. The van der Waals surface area contributed by atoms with Crippen LogP contribution in [0.3, 0.4) is 0 Å². The van der Waals surface area contributed by atoms with Crippen LogP contribution in [-0.4, -0.2) is 18.4 Å². The molecule has 1 heterocycles. The number of rotatable bonds is 3. The van der Waals surface area contributed by atoms with Crippen LogP contribution in [0.1, 0.15) is 11.3 Å². The molecular weight excluding hydrogens is 272 g/mol. The Morgan fingerprint density at radius 2 is 1.83 bits per heavy atom. The Balaban J connectivity index is 2.30. The van der Waals surface area contributed by atoms with Crippen molar-refractivity contribution < 1.29 is 8.42 Å². The highest BCUT2D eigenvalue weighted by molar-refractivity contribution is 7.90. The molecule has 0 aliphatic heterocycles. The Hall–Kier alpha value is -1.46. The minimum Gasteiger partial charge on any atom is -0.227 e. The van der Waals surface area contributed by atoms with Crippen molar-refractivity contribution in [3.05, 3.63) is 52.8 Å². The van der Waals surface area contributed by atoms with E-state index in [1.165, 1.54) is 6.20 Å². The van der Waals surface area contributed by atoms with Crippen LogP contribution in [0.15, 0.2) is 41.7 Å². The highest BCUT2D eigenvalue weighted by atomic mass is 35.5. The van der Waals surface area contributed by atoms with Crippen LogP contribution in [-0.2, 0) is 15.6 Å². The number of hydrogen-bond donors (Lipinski definition) is 0. The lowest BCUT2D eigenvalue weighted by molar-refractivity contribution is 0.585. The highest BCUT2D eigenvalue weighted by Gasteiger charge is 2.18. The lowest BCUT2D eigenvalue weighted by Crippen LogP contribution is -2.09. The summed E-state index contributed by atoms with van der Waals surface area (Å²) in [5, 5.41) is 0.431. The van der Waals surface area contributed by atoms with Crippen molar-refractivity contribution in [2.24, 2.45) is 0 Å². The van der Waals surface area contributed by atoms with Gasteiger partial charge in [0.2, 0.25) is 15.0 Å². The third kappa shape index (κ3) is 3.05. The standard InChI is InChI=1S/C12H11ClN2O2S/c1-9-6-7-14-12(15-9)18(16,17)8-10-2-4-11(13)5-3-10/h2-7H,8H2,1H3. The van der Waals surface area contributed by atoms with Crippen molar-refractivity contribution in [3.8, 4) is 0 Å². The van der Waals surface area contributed by atoms with Crippen LogP contribution in [0.2, 0.25) is 5.02 Å². The summed E-state index contributed by atoms with van der Waals surface area (Å²) in [5.41, 5.74) is 1.28. The van der Waals surface area contributed by atoms with E-state index in [0.717, 1.165) is 0 Å². The molecule has 0 unspecified atom stereocenters. The fourth-order valence-electron chi connectivity index (χ4n) is 1.44. The molecule has 0 aliphatic rings. The van der Waals surface area contributed by atoms with E-state index in [9.17, 15) is 8.42 Å². The first kappa shape index (κ1) is 13.0. The predicted octanol–water partition coefficient (Wildman–Crippen LogP) is 2.41. The molecule has 18 heavy (non-hydrogen) atoms. The van der Waals surface area contributed by atoms with E-state index in [0.29, 0.717) is 16.3 Å². The quantitative estimate of drug-likeness (QED) is 0.811. The predicted molar refractivity (Wildman–Crippen MR) is 69.1 cm³/mol. The summed E-state index contributed by atoms with van der Waals surface area (Å²) in [7, 11) is -3.51. The summed E-state index contributed by atoms with van der Waals surface area (Å²) in [6.07, 6.45) is 1.44. The molecule has 94 valence electrons. The van der Waals surface area contributed by atoms with Gasteiger partial charge in [0.25, 0.3) is 0 Å². The largest absolute Gasteiger partial charge is 0.247 e. The van der Waals surface area contributed by atoms with Gasteiger partial charge in [-0.15, -0.1) is 0 Å². The molecular formula is C12H11ClN2O2S. The number of benzene rings is 1. The Kier molecular flexibility index (Phi) is 3.63.